The zero-order valence-electron chi connectivity index (χ0n) is 12.0. The van der Waals surface area contributed by atoms with Gasteiger partial charge in [0.25, 0.3) is 5.91 Å². The Morgan fingerprint density at radius 1 is 1.40 bits per heavy atom. The van der Waals surface area contributed by atoms with Gasteiger partial charge in [-0.1, -0.05) is 24.9 Å². The first-order valence-electron chi connectivity index (χ1n) is 7.08. The Hall–Kier alpha value is -1.48. The number of ether oxygens (including phenoxy) is 1. The number of benzene rings is 1. The molecule has 1 aliphatic rings. The standard InChI is InChI=1S/C16H20ClNO2/c1-3-5-8-18(4-2)16(19)13-9-12-10-14(17)6-7-15(12)20-11-13/h6-7,9-10H,3-5,8,11H2,1-2H3. The first-order valence-corrected chi connectivity index (χ1v) is 7.45. The molecular weight excluding hydrogens is 274 g/mol. The Bertz CT molecular complexity index is 525. The van der Waals surface area contributed by atoms with Gasteiger partial charge in [-0.3, -0.25) is 4.79 Å². The number of likely N-dealkylation sites (N-methyl/N-ethyl adjacent to an activating group) is 1. The molecule has 1 amide bonds. The van der Waals surface area contributed by atoms with Crippen molar-refractivity contribution >= 4 is 23.6 Å². The van der Waals surface area contributed by atoms with Gasteiger partial charge in [-0.15, -0.1) is 0 Å². The topological polar surface area (TPSA) is 29.5 Å². The van der Waals surface area contributed by atoms with Crippen LogP contribution in [0, 0.1) is 0 Å². The average molecular weight is 294 g/mol. The second kappa shape index (κ2) is 6.80. The number of amides is 1. The Labute approximate surface area is 125 Å². The van der Waals surface area contributed by atoms with Crippen LogP contribution in [-0.4, -0.2) is 30.5 Å². The van der Waals surface area contributed by atoms with E-state index in [1.54, 1.807) is 6.07 Å². The van der Waals surface area contributed by atoms with E-state index in [1.165, 1.54) is 0 Å². The summed E-state index contributed by atoms with van der Waals surface area (Å²) >= 11 is 5.98. The summed E-state index contributed by atoms with van der Waals surface area (Å²) in [5, 5.41) is 0.649. The first kappa shape index (κ1) is 14.9. The highest BCUT2D eigenvalue weighted by Gasteiger charge is 2.21. The summed E-state index contributed by atoms with van der Waals surface area (Å²) < 4.78 is 5.64. The quantitative estimate of drug-likeness (QED) is 0.827. The van der Waals surface area contributed by atoms with E-state index in [0.717, 1.165) is 37.2 Å². The smallest absolute Gasteiger partial charge is 0.253 e. The zero-order chi connectivity index (χ0) is 14.5. The molecule has 0 unspecified atom stereocenters. The molecule has 0 saturated heterocycles. The van der Waals surface area contributed by atoms with Gasteiger partial charge in [0.05, 0.1) is 5.57 Å². The summed E-state index contributed by atoms with van der Waals surface area (Å²) in [6.45, 7) is 5.97. The molecule has 2 rings (SSSR count). The highest BCUT2D eigenvalue weighted by molar-refractivity contribution is 6.30. The van der Waals surface area contributed by atoms with Crippen LogP contribution in [-0.2, 0) is 4.79 Å². The maximum absolute atomic E-state index is 12.5. The van der Waals surface area contributed by atoms with Crippen LogP contribution in [0.2, 0.25) is 5.02 Å². The van der Waals surface area contributed by atoms with Gasteiger partial charge in [-0.25, -0.2) is 0 Å². The molecule has 0 bridgehead atoms. The molecule has 4 heteroatoms. The third-order valence-corrected chi connectivity index (χ3v) is 3.65. The Morgan fingerprint density at radius 2 is 2.20 bits per heavy atom. The van der Waals surface area contributed by atoms with E-state index in [4.69, 9.17) is 16.3 Å². The number of hydrogen-bond donors (Lipinski definition) is 0. The third-order valence-electron chi connectivity index (χ3n) is 3.41. The van der Waals surface area contributed by atoms with Crippen molar-refractivity contribution in [2.24, 2.45) is 0 Å². The number of halogens is 1. The minimum absolute atomic E-state index is 0.0616. The van der Waals surface area contributed by atoms with Crippen LogP contribution in [0.15, 0.2) is 23.8 Å². The second-order valence-electron chi connectivity index (χ2n) is 4.88. The van der Waals surface area contributed by atoms with Gasteiger partial charge >= 0.3 is 0 Å². The van der Waals surface area contributed by atoms with E-state index < -0.39 is 0 Å². The molecule has 1 aliphatic heterocycles. The van der Waals surface area contributed by atoms with Gasteiger partial charge in [-0.05, 0) is 37.6 Å². The molecule has 0 saturated carbocycles. The molecule has 1 heterocycles. The van der Waals surface area contributed by atoms with Crippen LogP contribution >= 0.6 is 11.6 Å². The van der Waals surface area contributed by atoms with Crippen LogP contribution in [0.4, 0.5) is 0 Å². The Morgan fingerprint density at radius 3 is 2.90 bits per heavy atom. The molecule has 20 heavy (non-hydrogen) atoms. The minimum atomic E-state index is 0.0616. The van der Waals surface area contributed by atoms with Crippen LogP contribution < -0.4 is 4.74 Å². The van der Waals surface area contributed by atoms with Crippen molar-refractivity contribution in [3.05, 3.63) is 34.4 Å². The van der Waals surface area contributed by atoms with Crippen LogP contribution in [0.1, 0.15) is 32.3 Å². The summed E-state index contributed by atoms with van der Waals surface area (Å²) in [7, 11) is 0. The van der Waals surface area contributed by atoms with Crippen molar-refractivity contribution in [1.82, 2.24) is 4.90 Å². The molecule has 0 aliphatic carbocycles. The Balaban J connectivity index is 2.18. The fourth-order valence-electron chi connectivity index (χ4n) is 2.23. The lowest BCUT2D eigenvalue weighted by molar-refractivity contribution is -0.127. The maximum Gasteiger partial charge on any atom is 0.253 e. The molecule has 1 aromatic carbocycles. The van der Waals surface area contributed by atoms with E-state index in [0.29, 0.717) is 17.2 Å². The average Bonchev–Trinajstić information content (AvgIpc) is 2.47. The van der Waals surface area contributed by atoms with Crippen molar-refractivity contribution in [3.63, 3.8) is 0 Å². The number of unbranched alkanes of at least 4 members (excludes halogenated alkanes) is 1. The number of nitrogens with zero attached hydrogens (tertiary/aromatic N) is 1. The largest absolute Gasteiger partial charge is 0.488 e. The molecule has 0 aromatic heterocycles. The summed E-state index contributed by atoms with van der Waals surface area (Å²) in [5.41, 5.74) is 1.57. The first-order chi connectivity index (χ1) is 9.65. The Kier molecular flexibility index (Phi) is 5.07. The lowest BCUT2D eigenvalue weighted by atomic mass is 10.1. The molecule has 0 spiro atoms. The lowest BCUT2D eigenvalue weighted by Crippen LogP contribution is -2.34. The summed E-state index contributed by atoms with van der Waals surface area (Å²) in [6, 6.07) is 5.45. The van der Waals surface area contributed by atoms with Crippen molar-refractivity contribution in [3.8, 4) is 5.75 Å². The highest BCUT2D eigenvalue weighted by atomic mass is 35.5. The number of rotatable bonds is 5. The fraction of sp³-hybridized carbons (Fsp3) is 0.438. The summed E-state index contributed by atoms with van der Waals surface area (Å²) in [6.07, 6.45) is 4.00. The van der Waals surface area contributed by atoms with Crippen LogP contribution in [0.5, 0.6) is 5.75 Å². The molecule has 0 fully saturated rings. The van der Waals surface area contributed by atoms with Crippen LogP contribution in [0.3, 0.4) is 0 Å². The predicted octanol–water partition coefficient (Wildman–Crippen LogP) is 3.76. The van der Waals surface area contributed by atoms with Crippen molar-refractivity contribution in [2.45, 2.75) is 26.7 Å². The van der Waals surface area contributed by atoms with E-state index in [1.807, 2.05) is 30.0 Å². The summed E-state index contributed by atoms with van der Waals surface area (Å²) in [4.78, 5) is 14.3. The number of fused-ring (bicyclic) bond motifs is 1. The molecule has 0 N–H and O–H groups in total. The van der Waals surface area contributed by atoms with Crippen molar-refractivity contribution in [2.75, 3.05) is 19.7 Å². The second-order valence-corrected chi connectivity index (χ2v) is 5.32. The highest BCUT2D eigenvalue weighted by Crippen LogP contribution is 2.29. The maximum atomic E-state index is 12.5. The normalized spacial score (nSPS) is 13.2. The van der Waals surface area contributed by atoms with Crippen LogP contribution in [0.25, 0.3) is 6.08 Å². The van der Waals surface area contributed by atoms with Gasteiger partial charge in [0.15, 0.2) is 0 Å². The molecular formula is C16H20ClNO2. The van der Waals surface area contributed by atoms with E-state index in [-0.39, 0.29) is 5.91 Å². The zero-order valence-corrected chi connectivity index (χ0v) is 12.7. The van der Waals surface area contributed by atoms with E-state index in [2.05, 4.69) is 6.92 Å². The monoisotopic (exact) mass is 293 g/mol. The summed E-state index contributed by atoms with van der Waals surface area (Å²) in [5.74, 6) is 0.842. The van der Waals surface area contributed by atoms with Gasteiger partial charge in [0, 0.05) is 23.7 Å². The number of carbonyl (C=O) groups excluding carboxylic acids is 1. The SMILES string of the molecule is CCCCN(CC)C(=O)C1=Cc2cc(Cl)ccc2OC1. The number of carbonyl (C=O) groups is 1. The molecule has 0 atom stereocenters. The molecule has 0 radical (unpaired) electrons. The van der Waals surface area contributed by atoms with E-state index >= 15 is 0 Å². The van der Waals surface area contributed by atoms with Crippen molar-refractivity contribution < 1.29 is 9.53 Å². The molecule has 3 nitrogen and oxygen atoms in total. The van der Waals surface area contributed by atoms with E-state index in [9.17, 15) is 4.79 Å². The number of hydrogen-bond acceptors (Lipinski definition) is 2. The molecule has 1 aromatic rings. The van der Waals surface area contributed by atoms with Gasteiger partial charge in [0.1, 0.15) is 12.4 Å². The fourth-order valence-corrected chi connectivity index (χ4v) is 2.41. The van der Waals surface area contributed by atoms with Gasteiger partial charge in [0.2, 0.25) is 0 Å². The van der Waals surface area contributed by atoms with Gasteiger partial charge < -0.3 is 9.64 Å². The molecule has 108 valence electrons. The van der Waals surface area contributed by atoms with Gasteiger partial charge in [-0.2, -0.15) is 0 Å². The third kappa shape index (κ3) is 3.34. The van der Waals surface area contributed by atoms with Crippen molar-refractivity contribution in [1.29, 1.82) is 0 Å². The predicted molar refractivity (Wildman–Crippen MR) is 82.1 cm³/mol. The lowest BCUT2D eigenvalue weighted by Gasteiger charge is -2.24. The minimum Gasteiger partial charge on any atom is -0.488 e.